The van der Waals surface area contributed by atoms with E-state index in [1.165, 1.54) is 0 Å². The van der Waals surface area contributed by atoms with Gasteiger partial charge in [0.15, 0.2) is 0 Å². The molecule has 0 fully saturated rings. The molecule has 0 aliphatic carbocycles. The first kappa shape index (κ1) is 6.62. The summed E-state index contributed by atoms with van der Waals surface area (Å²) in [5.41, 5.74) is 4.69. The summed E-state index contributed by atoms with van der Waals surface area (Å²) in [5.74, 6) is 0. The van der Waals surface area contributed by atoms with E-state index in [1.54, 1.807) is 0 Å². The fourth-order valence-electron chi connectivity index (χ4n) is 0.180. The van der Waals surface area contributed by atoms with Crippen LogP contribution in [0.15, 0.2) is 4.36 Å². The molecule has 0 saturated carbocycles. The van der Waals surface area contributed by atoms with E-state index < -0.39 is 6.03 Å². The highest BCUT2D eigenvalue weighted by Crippen LogP contribution is 1.73. The number of hydrogen-bond donors (Lipinski definition) is 1. The van der Waals surface area contributed by atoms with Gasteiger partial charge in [-0.15, -0.1) is 0 Å². The van der Waals surface area contributed by atoms with Crippen molar-refractivity contribution >= 4 is 16.7 Å². The van der Waals surface area contributed by atoms with Crippen LogP contribution in [-0.4, -0.2) is 18.5 Å². The maximum atomic E-state index is 9.87. The van der Waals surface area contributed by atoms with Gasteiger partial charge in [-0.3, -0.25) is 0 Å². The summed E-state index contributed by atoms with van der Waals surface area (Å²) in [5, 5.41) is 0. The second-order valence-corrected chi connectivity index (χ2v) is 2.93. The summed E-state index contributed by atoms with van der Waals surface area (Å²) < 4.78 is 3.44. The Bertz CT molecular complexity index is 106. The van der Waals surface area contributed by atoms with Crippen LogP contribution < -0.4 is 5.73 Å². The van der Waals surface area contributed by atoms with Crippen molar-refractivity contribution < 1.29 is 4.79 Å². The van der Waals surface area contributed by atoms with Crippen molar-refractivity contribution in [3.63, 3.8) is 0 Å². The molecule has 0 heterocycles. The molecule has 3 nitrogen and oxygen atoms in total. The summed E-state index contributed by atoms with van der Waals surface area (Å²) >= 11 is 0. The van der Waals surface area contributed by atoms with Gasteiger partial charge in [0.25, 0.3) is 0 Å². The van der Waals surface area contributed by atoms with Crippen molar-refractivity contribution in [1.29, 1.82) is 0 Å². The molecule has 4 heteroatoms. The Morgan fingerprint density at radius 1 is 1.71 bits per heavy atom. The van der Waals surface area contributed by atoms with Crippen molar-refractivity contribution in [3.05, 3.63) is 0 Å². The Hall–Kier alpha value is -0.380. The molecular weight excluding hydrogens is 112 g/mol. The standard InChI is InChI=1S/C3H8N2OS/c1-7(2)5-3(4)6/h1-2H3,(H2,4,6). The lowest BCUT2D eigenvalue weighted by atomic mass is 11.2. The quantitative estimate of drug-likeness (QED) is 0.485. The van der Waals surface area contributed by atoms with Crippen LogP contribution in [0.25, 0.3) is 0 Å². The molecule has 0 unspecified atom stereocenters. The third kappa shape index (κ3) is 5.62. The lowest BCUT2D eigenvalue weighted by molar-refractivity contribution is 0.257. The number of primary amides is 1. The van der Waals surface area contributed by atoms with E-state index in [1.807, 2.05) is 12.5 Å². The number of nitrogens with two attached hydrogens (primary N) is 1. The largest absolute Gasteiger partial charge is 0.349 e. The Morgan fingerprint density at radius 2 is 2.14 bits per heavy atom. The smallest absolute Gasteiger partial charge is 0.344 e. The van der Waals surface area contributed by atoms with Crippen molar-refractivity contribution in [2.75, 3.05) is 12.5 Å². The highest BCUT2D eigenvalue weighted by Gasteiger charge is 1.80. The molecule has 0 rings (SSSR count). The second kappa shape index (κ2) is 2.74. The normalized spacial score (nSPS) is 9.00. The van der Waals surface area contributed by atoms with Crippen molar-refractivity contribution in [1.82, 2.24) is 0 Å². The third-order valence-electron chi connectivity index (χ3n) is 0.273. The molecular formula is C3H8N2OS. The van der Waals surface area contributed by atoms with Gasteiger partial charge in [0.2, 0.25) is 0 Å². The topological polar surface area (TPSA) is 55.4 Å². The van der Waals surface area contributed by atoms with Crippen LogP contribution in [-0.2, 0) is 10.7 Å². The molecule has 0 spiro atoms. The van der Waals surface area contributed by atoms with E-state index in [0.29, 0.717) is 0 Å². The van der Waals surface area contributed by atoms with Crippen LogP contribution in [0, 0.1) is 0 Å². The van der Waals surface area contributed by atoms with Crippen molar-refractivity contribution in [2.24, 2.45) is 10.1 Å². The van der Waals surface area contributed by atoms with E-state index in [2.05, 4.69) is 4.36 Å². The molecule has 0 radical (unpaired) electrons. The minimum atomic E-state index is -0.576. The highest BCUT2D eigenvalue weighted by atomic mass is 32.2. The molecule has 7 heavy (non-hydrogen) atoms. The second-order valence-electron chi connectivity index (χ2n) is 1.20. The first-order chi connectivity index (χ1) is 3.13. The summed E-state index contributed by atoms with van der Waals surface area (Å²) in [7, 11) is -0.195. The lowest BCUT2D eigenvalue weighted by Gasteiger charge is -1.82. The van der Waals surface area contributed by atoms with Gasteiger partial charge in [0.1, 0.15) is 0 Å². The predicted molar refractivity (Wildman–Crippen MR) is 31.2 cm³/mol. The van der Waals surface area contributed by atoms with E-state index in [9.17, 15) is 4.79 Å². The number of nitrogens with zero attached hydrogens (tertiary/aromatic N) is 1. The van der Waals surface area contributed by atoms with Crippen LogP contribution in [0.4, 0.5) is 4.79 Å². The van der Waals surface area contributed by atoms with Crippen molar-refractivity contribution in [3.8, 4) is 0 Å². The highest BCUT2D eigenvalue weighted by molar-refractivity contribution is 7.86. The van der Waals surface area contributed by atoms with Crippen LogP contribution in [0.5, 0.6) is 0 Å². The van der Waals surface area contributed by atoms with Gasteiger partial charge in [-0.25, -0.2) is 4.79 Å². The summed E-state index contributed by atoms with van der Waals surface area (Å²) in [6.45, 7) is 0. The average molecular weight is 120 g/mol. The molecule has 42 valence electrons. The molecule has 0 aromatic rings. The summed E-state index contributed by atoms with van der Waals surface area (Å²) in [6.07, 6.45) is 3.65. The number of urea groups is 1. The Balaban J connectivity index is 3.68. The number of carbonyl (C=O) groups is 1. The van der Waals surface area contributed by atoms with Gasteiger partial charge in [-0.1, -0.05) is 10.7 Å². The predicted octanol–water partition coefficient (Wildman–Crippen LogP) is 0.127. The Kier molecular flexibility index (Phi) is 2.59. The Labute approximate surface area is 45.0 Å². The van der Waals surface area contributed by atoms with E-state index in [-0.39, 0.29) is 10.7 Å². The van der Waals surface area contributed by atoms with Crippen LogP contribution in [0.1, 0.15) is 0 Å². The maximum Gasteiger partial charge on any atom is 0.344 e. The maximum absolute atomic E-state index is 9.87. The molecule has 0 aliphatic rings. The molecule has 2 N–H and O–H groups in total. The van der Waals surface area contributed by atoms with Crippen LogP contribution in [0.3, 0.4) is 0 Å². The first-order valence-corrected chi connectivity index (χ1v) is 3.71. The Morgan fingerprint density at radius 3 is 2.14 bits per heavy atom. The van der Waals surface area contributed by atoms with Gasteiger partial charge < -0.3 is 5.73 Å². The first-order valence-electron chi connectivity index (χ1n) is 1.72. The van der Waals surface area contributed by atoms with Crippen LogP contribution in [0.2, 0.25) is 0 Å². The van der Waals surface area contributed by atoms with E-state index in [0.717, 1.165) is 0 Å². The fraction of sp³-hybridized carbons (Fsp3) is 0.667. The molecule has 2 amide bonds. The van der Waals surface area contributed by atoms with Crippen LogP contribution >= 0.6 is 0 Å². The van der Waals surface area contributed by atoms with Gasteiger partial charge in [-0.2, -0.15) is 4.36 Å². The number of carbonyl (C=O) groups excluding carboxylic acids is 1. The fourth-order valence-corrected chi connectivity index (χ4v) is 0.540. The summed E-state index contributed by atoms with van der Waals surface area (Å²) in [4.78, 5) is 9.87. The van der Waals surface area contributed by atoms with E-state index in [4.69, 9.17) is 5.73 Å². The molecule has 0 aliphatic heterocycles. The summed E-state index contributed by atoms with van der Waals surface area (Å²) in [6, 6.07) is -0.576. The number of hydrogen-bond acceptors (Lipinski definition) is 1. The van der Waals surface area contributed by atoms with Gasteiger partial charge in [0.05, 0.1) is 0 Å². The monoisotopic (exact) mass is 120 g/mol. The molecule has 0 atom stereocenters. The molecule has 0 saturated heterocycles. The lowest BCUT2D eigenvalue weighted by Crippen LogP contribution is -2.04. The zero-order valence-corrected chi connectivity index (χ0v) is 5.16. The van der Waals surface area contributed by atoms with Gasteiger partial charge in [0, 0.05) is 0 Å². The average Bonchev–Trinajstić information content (AvgIpc) is 1.27. The third-order valence-corrected chi connectivity index (χ3v) is 0.818. The van der Waals surface area contributed by atoms with Gasteiger partial charge >= 0.3 is 6.03 Å². The zero-order chi connectivity index (χ0) is 5.86. The number of amides is 2. The minimum Gasteiger partial charge on any atom is -0.349 e. The number of rotatable bonds is 0. The SMILES string of the molecule is CS(C)=NC(N)=O. The van der Waals surface area contributed by atoms with Gasteiger partial charge in [-0.05, 0) is 12.5 Å². The minimum absolute atomic E-state index is 0.195. The molecule has 0 bridgehead atoms. The van der Waals surface area contributed by atoms with E-state index >= 15 is 0 Å². The molecule has 0 aromatic carbocycles. The van der Waals surface area contributed by atoms with Crippen molar-refractivity contribution in [2.45, 2.75) is 0 Å². The zero-order valence-electron chi connectivity index (χ0n) is 4.34. The molecule has 0 aromatic heterocycles.